The van der Waals surface area contributed by atoms with E-state index in [9.17, 15) is 4.21 Å². The molecule has 1 aliphatic rings. The fourth-order valence-electron chi connectivity index (χ4n) is 2.02. The Morgan fingerprint density at radius 3 is 2.83 bits per heavy atom. The van der Waals surface area contributed by atoms with Crippen molar-refractivity contribution in [3.63, 3.8) is 0 Å². The van der Waals surface area contributed by atoms with Crippen molar-refractivity contribution in [2.24, 2.45) is 0 Å². The van der Waals surface area contributed by atoms with E-state index in [1.807, 2.05) is 13.0 Å². The molecule has 0 aromatic heterocycles. The van der Waals surface area contributed by atoms with Crippen LogP contribution in [0.3, 0.4) is 0 Å². The van der Waals surface area contributed by atoms with E-state index in [-0.39, 0.29) is 11.4 Å². The van der Waals surface area contributed by atoms with Crippen molar-refractivity contribution >= 4 is 34.0 Å². The lowest BCUT2D eigenvalue weighted by Gasteiger charge is -2.15. The quantitative estimate of drug-likeness (QED) is 0.841. The molecule has 0 saturated carbocycles. The highest BCUT2D eigenvalue weighted by Crippen LogP contribution is 2.28. The standard InChI is InChI=1S/C13H16Cl2O2S/c1-9(10-4-5-12(14)13(15)7-10)18(16)8-11-3-2-6-17-11/h4-5,7,9,11H,2-3,6,8H2,1H3/t9-,11+,18-/m1/s1. The zero-order valence-corrected chi connectivity index (χ0v) is 12.5. The summed E-state index contributed by atoms with van der Waals surface area (Å²) in [5.74, 6) is 0.599. The summed E-state index contributed by atoms with van der Waals surface area (Å²) in [5.41, 5.74) is 0.959. The van der Waals surface area contributed by atoms with Crippen LogP contribution in [0.5, 0.6) is 0 Å². The van der Waals surface area contributed by atoms with Crippen LogP contribution in [-0.2, 0) is 15.5 Å². The normalized spacial score (nSPS) is 22.9. The second-order valence-corrected chi connectivity index (χ2v) is 7.11. The Balaban J connectivity index is 2.02. The largest absolute Gasteiger partial charge is 0.377 e. The van der Waals surface area contributed by atoms with E-state index < -0.39 is 10.8 Å². The number of hydrogen-bond donors (Lipinski definition) is 0. The summed E-state index contributed by atoms with van der Waals surface area (Å²) in [6.07, 6.45) is 2.24. The molecule has 2 rings (SSSR count). The van der Waals surface area contributed by atoms with E-state index in [1.54, 1.807) is 12.1 Å². The van der Waals surface area contributed by atoms with Gasteiger partial charge in [-0.3, -0.25) is 4.21 Å². The van der Waals surface area contributed by atoms with Crippen LogP contribution in [0.2, 0.25) is 10.0 Å². The summed E-state index contributed by atoms with van der Waals surface area (Å²) >= 11 is 11.9. The van der Waals surface area contributed by atoms with Gasteiger partial charge in [0.15, 0.2) is 0 Å². The molecule has 0 unspecified atom stereocenters. The summed E-state index contributed by atoms with van der Waals surface area (Å²) in [5, 5.41) is 0.983. The molecule has 1 heterocycles. The van der Waals surface area contributed by atoms with E-state index >= 15 is 0 Å². The first-order chi connectivity index (χ1) is 8.58. The summed E-state index contributed by atoms with van der Waals surface area (Å²) in [6, 6.07) is 5.42. The second kappa shape index (κ2) is 6.38. The third-order valence-corrected chi connectivity index (χ3v) is 5.68. The zero-order valence-electron chi connectivity index (χ0n) is 10.2. The molecule has 1 saturated heterocycles. The Kier molecular flexibility index (Phi) is 5.07. The SMILES string of the molecule is C[C@H](c1ccc(Cl)c(Cl)c1)[S@](=O)C[C@@H]1CCCO1. The molecule has 5 heteroatoms. The van der Waals surface area contributed by atoms with Crippen LogP contribution in [0.1, 0.15) is 30.6 Å². The van der Waals surface area contributed by atoms with Crippen molar-refractivity contribution in [3.05, 3.63) is 33.8 Å². The first kappa shape index (κ1) is 14.3. The molecule has 1 aliphatic heterocycles. The second-order valence-electron chi connectivity index (χ2n) is 4.50. The molecule has 0 N–H and O–H groups in total. The minimum atomic E-state index is -0.947. The van der Waals surface area contributed by atoms with E-state index in [0.717, 1.165) is 25.0 Å². The predicted octanol–water partition coefficient (Wildman–Crippen LogP) is 3.98. The zero-order chi connectivity index (χ0) is 13.1. The van der Waals surface area contributed by atoms with Gasteiger partial charge in [0.1, 0.15) is 0 Å². The molecule has 1 aromatic rings. The monoisotopic (exact) mass is 306 g/mol. The maximum absolute atomic E-state index is 12.3. The van der Waals surface area contributed by atoms with Crippen LogP contribution in [0.4, 0.5) is 0 Å². The summed E-state index contributed by atoms with van der Waals surface area (Å²) in [6.45, 7) is 2.74. The molecule has 0 amide bonds. The topological polar surface area (TPSA) is 26.3 Å². The molecule has 2 nitrogen and oxygen atoms in total. The van der Waals surface area contributed by atoms with Crippen molar-refractivity contribution in [2.45, 2.75) is 31.1 Å². The van der Waals surface area contributed by atoms with Crippen molar-refractivity contribution in [2.75, 3.05) is 12.4 Å². The maximum Gasteiger partial charge on any atom is 0.0691 e. The van der Waals surface area contributed by atoms with E-state index in [0.29, 0.717) is 15.8 Å². The molecule has 3 atom stereocenters. The highest BCUT2D eigenvalue weighted by molar-refractivity contribution is 7.85. The van der Waals surface area contributed by atoms with Gasteiger partial charge in [0.25, 0.3) is 0 Å². The van der Waals surface area contributed by atoms with Gasteiger partial charge in [-0.2, -0.15) is 0 Å². The number of benzene rings is 1. The number of rotatable bonds is 4. The fourth-order valence-corrected chi connectivity index (χ4v) is 3.70. The minimum Gasteiger partial charge on any atom is -0.377 e. The number of ether oxygens (including phenoxy) is 1. The molecule has 0 radical (unpaired) electrons. The summed E-state index contributed by atoms with van der Waals surface area (Å²) < 4.78 is 17.8. The van der Waals surface area contributed by atoms with Gasteiger partial charge in [-0.25, -0.2) is 0 Å². The lowest BCUT2D eigenvalue weighted by molar-refractivity contribution is 0.128. The number of halogens is 2. The van der Waals surface area contributed by atoms with Gasteiger partial charge in [0, 0.05) is 17.4 Å². The molecule has 1 fully saturated rings. The van der Waals surface area contributed by atoms with Gasteiger partial charge in [-0.15, -0.1) is 0 Å². The molecule has 0 aliphatic carbocycles. The summed E-state index contributed by atoms with van der Waals surface area (Å²) in [4.78, 5) is 0. The highest BCUT2D eigenvalue weighted by atomic mass is 35.5. The molecule has 1 aromatic carbocycles. The van der Waals surface area contributed by atoms with Crippen LogP contribution in [0, 0.1) is 0 Å². The van der Waals surface area contributed by atoms with Crippen molar-refractivity contribution in [1.82, 2.24) is 0 Å². The number of hydrogen-bond acceptors (Lipinski definition) is 2. The van der Waals surface area contributed by atoms with E-state index in [2.05, 4.69) is 0 Å². The fraction of sp³-hybridized carbons (Fsp3) is 0.538. The average molecular weight is 307 g/mol. The van der Waals surface area contributed by atoms with Gasteiger partial charge in [0.05, 0.1) is 27.2 Å². The van der Waals surface area contributed by atoms with Gasteiger partial charge in [-0.1, -0.05) is 29.3 Å². The first-order valence-electron chi connectivity index (χ1n) is 6.01. The first-order valence-corrected chi connectivity index (χ1v) is 8.15. The predicted molar refractivity (Wildman–Crippen MR) is 76.9 cm³/mol. The van der Waals surface area contributed by atoms with Crippen molar-refractivity contribution in [1.29, 1.82) is 0 Å². The van der Waals surface area contributed by atoms with Crippen LogP contribution < -0.4 is 0 Å². The molecule has 100 valence electrons. The van der Waals surface area contributed by atoms with Crippen molar-refractivity contribution < 1.29 is 8.95 Å². The Hall–Kier alpha value is -0.0900. The average Bonchev–Trinajstić information content (AvgIpc) is 2.84. The smallest absolute Gasteiger partial charge is 0.0691 e. The maximum atomic E-state index is 12.3. The lowest BCUT2D eigenvalue weighted by Crippen LogP contribution is -2.18. The minimum absolute atomic E-state index is 0.0519. The third-order valence-electron chi connectivity index (χ3n) is 3.18. The van der Waals surface area contributed by atoms with E-state index in [4.69, 9.17) is 27.9 Å². The highest BCUT2D eigenvalue weighted by Gasteiger charge is 2.22. The Labute approximate surface area is 120 Å². The molecule has 18 heavy (non-hydrogen) atoms. The van der Waals surface area contributed by atoms with Gasteiger partial charge >= 0.3 is 0 Å². The molecule has 0 spiro atoms. The molecule has 0 bridgehead atoms. The van der Waals surface area contributed by atoms with Crippen LogP contribution in [0.25, 0.3) is 0 Å². The van der Waals surface area contributed by atoms with Gasteiger partial charge in [0.2, 0.25) is 0 Å². The summed E-state index contributed by atoms with van der Waals surface area (Å²) in [7, 11) is -0.947. The van der Waals surface area contributed by atoms with Crippen molar-refractivity contribution in [3.8, 4) is 0 Å². The third kappa shape index (κ3) is 3.47. The van der Waals surface area contributed by atoms with Crippen LogP contribution in [0.15, 0.2) is 18.2 Å². The van der Waals surface area contributed by atoms with Crippen LogP contribution >= 0.6 is 23.2 Å². The Bertz CT molecular complexity index is 445. The Morgan fingerprint density at radius 2 is 2.22 bits per heavy atom. The molecular weight excluding hydrogens is 291 g/mol. The van der Waals surface area contributed by atoms with Gasteiger partial charge in [-0.05, 0) is 37.5 Å². The van der Waals surface area contributed by atoms with Crippen LogP contribution in [-0.4, -0.2) is 22.7 Å². The van der Waals surface area contributed by atoms with Gasteiger partial charge < -0.3 is 4.74 Å². The Morgan fingerprint density at radius 1 is 1.44 bits per heavy atom. The molecular formula is C13H16Cl2O2S. The van der Waals surface area contributed by atoms with E-state index in [1.165, 1.54) is 0 Å². The lowest BCUT2D eigenvalue weighted by atomic mass is 10.2.